The first-order valence-corrected chi connectivity index (χ1v) is 9.77. The van der Waals surface area contributed by atoms with Gasteiger partial charge in [-0.25, -0.2) is 4.39 Å². The second-order valence-electron chi connectivity index (χ2n) is 7.12. The molecule has 0 bridgehead atoms. The fourth-order valence-corrected chi connectivity index (χ4v) is 3.24. The van der Waals surface area contributed by atoms with E-state index in [1.54, 1.807) is 12.1 Å². The number of nitrogens with one attached hydrogen (secondary N) is 1. The zero-order valence-electron chi connectivity index (χ0n) is 15.7. The molecule has 0 heterocycles. The van der Waals surface area contributed by atoms with Crippen LogP contribution in [0, 0.1) is 5.82 Å². The van der Waals surface area contributed by atoms with Gasteiger partial charge in [-0.1, -0.05) is 22.0 Å². The van der Waals surface area contributed by atoms with Gasteiger partial charge >= 0.3 is 0 Å². The van der Waals surface area contributed by atoms with Gasteiger partial charge in [0.05, 0.1) is 6.10 Å². The third-order valence-corrected chi connectivity index (χ3v) is 4.83. The zero-order chi connectivity index (χ0) is 19.9. The van der Waals surface area contributed by atoms with Crippen LogP contribution in [0.4, 0.5) is 10.1 Å². The second kappa shape index (κ2) is 9.85. The maximum atomic E-state index is 12.7. The van der Waals surface area contributed by atoms with E-state index in [0.717, 1.165) is 41.6 Å². The number of carbonyl (C=O) groups excluding carboxylic acids is 1. The average Bonchev–Trinajstić information content (AvgIpc) is 2.59. The van der Waals surface area contributed by atoms with Crippen LogP contribution >= 0.6 is 15.9 Å². The average molecular weight is 437 g/mol. The molecule has 6 heteroatoms. The van der Waals surface area contributed by atoms with Gasteiger partial charge in [0.15, 0.2) is 0 Å². The number of nitrogens with two attached hydrogens (primary N) is 1. The van der Waals surface area contributed by atoms with Gasteiger partial charge in [-0.15, -0.1) is 0 Å². The maximum Gasteiger partial charge on any atom is 0.221 e. The van der Waals surface area contributed by atoms with Crippen molar-refractivity contribution in [2.45, 2.75) is 51.2 Å². The Balaban J connectivity index is 0.000000208. The molecular weight excluding hydrogens is 411 g/mol. The van der Waals surface area contributed by atoms with Crippen molar-refractivity contribution in [3.63, 3.8) is 0 Å². The number of carbonyl (C=O) groups is 1. The van der Waals surface area contributed by atoms with E-state index in [2.05, 4.69) is 28.2 Å². The molecule has 2 aromatic carbocycles. The highest BCUT2D eigenvalue weighted by Gasteiger charge is 2.28. The van der Waals surface area contributed by atoms with E-state index < -0.39 is 0 Å². The molecule has 0 saturated heterocycles. The van der Waals surface area contributed by atoms with Crippen LogP contribution in [0.15, 0.2) is 53.0 Å². The lowest BCUT2D eigenvalue weighted by atomic mass is 9.83. The Labute approximate surface area is 168 Å². The number of hydrogen-bond acceptors (Lipinski definition) is 3. The smallest absolute Gasteiger partial charge is 0.221 e. The minimum Gasteiger partial charge on any atom is -0.490 e. The minimum atomic E-state index is -0.231. The van der Waals surface area contributed by atoms with Crippen molar-refractivity contribution in [2.75, 3.05) is 5.32 Å². The Morgan fingerprint density at radius 3 is 2.41 bits per heavy atom. The van der Waals surface area contributed by atoms with Crippen molar-refractivity contribution in [1.82, 2.24) is 0 Å². The summed E-state index contributed by atoms with van der Waals surface area (Å²) in [5.74, 6) is 0.459. The normalized spacial score (nSPS) is 21.6. The van der Waals surface area contributed by atoms with Gasteiger partial charge in [-0.3, -0.25) is 4.79 Å². The van der Waals surface area contributed by atoms with E-state index in [-0.39, 0.29) is 23.4 Å². The Bertz CT molecular complexity index is 740. The van der Waals surface area contributed by atoms with Gasteiger partial charge in [-0.05, 0) is 75.1 Å². The molecule has 1 fully saturated rings. The summed E-state index contributed by atoms with van der Waals surface area (Å²) in [6.07, 6.45) is 4.15. The molecule has 0 aromatic heterocycles. The highest BCUT2D eigenvalue weighted by molar-refractivity contribution is 9.10. The summed E-state index contributed by atoms with van der Waals surface area (Å²) in [6.45, 7) is 3.57. The lowest BCUT2D eigenvalue weighted by Gasteiger charge is -2.34. The second-order valence-corrected chi connectivity index (χ2v) is 8.03. The number of amides is 1. The largest absolute Gasteiger partial charge is 0.490 e. The van der Waals surface area contributed by atoms with Gasteiger partial charge in [-0.2, -0.15) is 0 Å². The molecule has 4 nitrogen and oxygen atoms in total. The van der Waals surface area contributed by atoms with Crippen molar-refractivity contribution < 1.29 is 13.9 Å². The Morgan fingerprint density at radius 1 is 1.22 bits per heavy atom. The van der Waals surface area contributed by atoms with Crippen LogP contribution in [0.25, 0.3) is 0 Å². The Kier molecular flexibility index (Phi) is 7.80. The topological polar surface area (TPSA) is 64.4 Å². The van der Waals surface area contributed by atoms with Gasteiger partial charge in [0, 0.05) is 22.6 Å². The van der Waals surface area contributed by atoms with Crippen LogP contribution in [0.1, 0.15) is 39.5 Å². The predicted octanol–water partition coefficient (Wildman–Crippen LogP) is 5.27. The van der Waals surface area contributed by atoms with Gasteiger partial charge in [0.2, 0.25) is 5.91 Å². The standard InChI is InChI=1S/C13H18FNO.C8H8BrNO/c1-13(15)8-6-12(7-9-13)16-11-4-2-10(14)3-5-11;1-6(11)10-8-4-2-3-7(9)5-8/h2-5,12H,6-9,15H2,1H3;2-5H,1H3,(H,10,11). The van der Waals surface area contributed by atoms with Gasteiger partial charge < -0.3 is 15.8 Å². The molecule has 0 atom stereocenters. The molecule has 1 amide bonds. The van der Waals surface area contributed by atoms with Crippen LogP contribution in [0.2, 0.25) is 0 Å². The first-order valence-electron chi connectivity index (χ1n) is 8.98. The van der Waals surface area contributed by atoms with Crippen molar-refractivity contribution >= 4 is 27.5 Å². The first kappa shape index (κ1) is 21.4. The van der Waals surface area contributed by atoms with E-state index in [9.17, 15) is 9.18 Å². The molecule has 1 aliphatic rings. The highest BCUT2D eigenvalue weighted by Crippen LogP contribution is 2.28. The third kappa shape index (κ3) is 8.10. The number of benzene rings is 2. The molecular formula is C21H26BrFN2O2. The van der Waals surface area contributed by atoms with E-state index in [1.165, 1.54) is 19.1 Å². The third-order valence-electron chi connectivity index (χ3n) is 4.34. The lowest BCUT2D eigenvalue weighted by molar-refractivity contribution is -0.114. The van der Waals surface area contributed by atoms with Crippen LogP contribution < -0.4 is 15.8 Å². The van der Waals surface area contributed by atoms with Crippen molar-refractivity contribution in [3.8, 4) is 5.75 Å². The van der Waals surface area contributed by atoms with Crippen LogP contribution in [0.5, 0.6) is 5.75 Å². The molecule has 1 aliphatic carbocycles. The monoisotopic (exact) mass is 436 g/mol. The first-order chi connectivity index (χ1) is 12.7. The number of halogens is 2. The summed E-state index contributed by atoms with van der Waals surface area (Å²) >= 11 is 3.30. The molecule has 0 aliphatic heterocycles. The highest BCUT2D eigenvalue weighted by atomic mass is 79.9. The summed E-state index contributed by atoms with van der Waals surface area (Å²) in [6, 6.07) is 13.7. The SMILES string of the molecule is CC(=O)Nc1cccc(Br)c1.CC1(N)CCC(Oc2ccc(F)cc2)CC1. The van der Waals surface area contributed by atoms with E-state index in [0.29, 0.717) is 0 Å². The van der Waals surface area contributed by atoms with Crippen molar-refractivity contribution in [3.05, 3.63) is 58.8 Å². The predicted molar refractivity (Wildman–Crippen MR) is 110 cm³/mol. The lowest BCUT2D eigenvalue weighted by Crippen LogP contribution is -2.42. The summed E-state index contributed by atoms with van der Waals surface area (Å²) < 4.78 is 19.4. The van der Waals surface area contributed by atoms with Crippen LogP contribution in [-0.4, -0.2) is 17.6 Å². The minimum absolute atomic E-state index is 0.0390. The molecule has 2 aromatic rings. The number of ether oxygens (including phenoxy) is 1. The zero-order valence-corrected chi connectivity index (χ0v) is 17.3. The molecule has 3 N–H and O–H groups in total. The van der Waals surface area contributed by atoms with Crippen molar-refractivity contribution in [2.24, 2.45) is 5.73 Å². The summed E-state index contributed by atoms with van der Waals surface area (Å²) in [5.41, 5.74) is 6.82. The molecule has 3 rings (SSSR count). The molecule has 146 valence electrons. The van der Waals surface area contributed by atoms with E-state index in [4.69, 9.17) is 10.5 Å². The molecule has 0 spiro atoms. The fourth-order valence-electron chi connectivity index (χ4n) is 2.84. The number of anilines is 1. The molecule has 27 heavy (non-hydrogen) atoms. The molecule has 0 unspecified atom stereocenters. The number of rotatable bonds is 3. The summed E-state index contributed by atoms with van der Waals surface area (Å²) in [4.78, 5) is 10.6. The van der Waals surface area contributed by atoms with Gasteiger partial charge in [0.1, 0.15) is 11.6 Å². The maximum absolute atomic E-state index is 12.7. The Hall–Kier alpha value is -1.92. The quantitative estimate of drug-likeness (QED) is 0.688. The van der Waals surface area contributed by atoms with Crippen LogP contribution in [0.3, 0.4) is 0 Å². The van der Waals surface area contributed by atoms with Gasteiger partial charge in [0.25, 0.3) is 0 Å². The van der Waals surface area contributed by atoms with Crippen molar-refractivity contribution in [1.29, 1.82) is 0 Å². The molecule has 1 saturated carbocycles. The fraction of sp³-hybridized carbons (Fsp3) is 0.381. The van der Waals surface area contributed by atoms with Crippen LogP contribution in [-0.2, 0) is 4.79 Å². The molecule has 0 radical (unpaired) electrons. The summed E-state index contributed by atoms with van der Waals surface area (Å²) in [7, 11) is 0. The van der Waals surface area contributed by atoms with E-state index in [1.807, 2.05) is 24.3 Å². The summed E-state index contributed by atoms with van der Waals surface area (Å²) in [5, 5.41) is 2.68. The van der Waals surface area contributed by atoms with E-state index >= 15 is 0 Å². The Morgan fingerprint density at radius 2 is 1.85 bits per heavy atom. The number of hydrogen-bond donors (Lipinski definition) is 2.